The molecule has 1 unspecified atom stereocenters. The standard InChI is InChI=1S/C15H16N2O6/c1-4-21-14(20)17-13-11(22-9(2)18)12(19)15(3,23-13)10-5-7-16-8-6-10/h5-8H,4H2,1-3H3,(H,17,20). The van der Waals surface area contributed by atoms with Crippen LogP contribution in [0.25, 0.3) is 0 Å². The summed E-state index contributed by atoms with van der Waals surface area (Å²) in [5.41, 5.74) is -0.939. The van der Waals surface area contributed by atoms with Gasteiger partial charge >= 0.3 is 12.1 Å². The van der Waals surface area contributed by atoms with Crippen molar-refractivity contribution < 1.29 is 28.6 Å². The number of hydrogen-bond acceptors (Lipinski definition) is 7. The molecule has 0 bridgehead atoms. The maximum atomic E-state index is 12.6. The molecule has 2 rings (SSSR count). The molecule has 8 heteroatoms. The maximum absolute atomic E-state index is 12.6. The van der Waals surface area contributed by atoms with E-state index in [1.807, 2.05) is 0 Å². The molecule has 1 atom stereocenters. The molecule has 1 aliphatic rings. The number of carbonyl (C=O) groups is 3. The van der Waals surface area contributed by atoms with Gasteiger partial charge < -0.3 is 14.2 Å². The lowest BCUT2D eigenvalue weighted by atomic mass is 9.92. The molecule has 0 spiro atoms. The van der Waals surface area contributed by atoms with Gasteiger partial charge in [-0.1, -0.05) is 0 Å². The summed E-state index contributed by atoms with van der Waals surface area (Å²) in [5, 5.41) is 2.27. The van der Waals surface area contributed by atoms with Crippen molar-refractivity contribution in [1.82, 2.24) is 10.3 Å². The average molecular weight is 320 g/mol. The Bertz CT molecular complexity index is 670. The molecule has 2 heterocycles. The van der Waals surface area contributed by atoms with Crippen molar-refractivity contribution in [3.8, 4) is 0 Å². The largest absolute Gasteiger partial charge is 0.456 e. The van der Waals surface area contributed by atoms with Crippen molar-refractivity contribution in [2.24, 2.45) is 0 Å². The van der Waals surface area contributed by atoms with Crippen LogP contribution in [0, 0.1) is 0 Å². The molecule has 0 saturated heterocycles. The molecule has 1 amide bonds. The number of pyridine rings is 1. The van der Waals surface area contributed by atoms with E-state index in [4.69, 9.17) is 14.2 Å². The van der Waals surface area contributed by atoms with Crippen molar-refractivity contribution in [2.45, 2.75) is 26.4 Å². The minimum absolute atomic E-state index is 0.136. The van der Waals surface area contributed by atoms with E-state index in [-0.39, 0.29) is 18.2 Å². The predicted octanol–water partition coefficient (Wildman–Crippen LogP) is 1.37. The highest BCUT2D eigenvalue weighted by Crippen LogP contribution is 2.38. The third-order valence-corrected chi connectivity index (χ3v) is 3.12. The van der Waals surface area contributed by atoms with Gasteiger partial charge in [-0.25, -0.2) is 4.79 Å². The zero-order chi connectivity index (χ0) is 17.0. The summed E-state index contributed by atoms with van der Waals surface area (Å²) in [6.45, 7) is 4.42. The van der Waals surface area contributed by atoms with Crippen LogP contribution in [0.2, 0.25) is 0 Å². The lowest BCUT2D eigenvalue weighted by Crippen LogP contribution is -2.32. The number of esters is 1. The molecule has 122 valence electrons. The molecular formula is C15H16N2O6. The highest BCUT2D eigenvalue weighted by molar-refractivity contribution is 6.04. The Labute approximate surface area is 132 Å². The third kappa shape index (κ3) is 3.31. The maximum Gasteiger partial charge on any atom is 0.414 e. The first-order valence-electron chi connectivity index (χ1n) is 6.89. The molecule has 0 saturated carbocycles. The Hall–Kier alpha value is -2.90. The van der Waals surface area contributed by atoms with E-state index in [9.17, 15) is 14.4 Å². The highest BCUT2D eigenvalue weighted by atomic mass is 16.6. The summed E-state index contributed by atoms with van der Waals surface area (Å²) in [6, 6.07) is 3.19. The van der Waals surface area contributed by atoms with Crippen LogP contribution in [0.3, 0.4) is 0 Å². The Morgan fingerprint density at radius 3 is 2.57 bits per heavy atom. The van der Waals surface area contributed by atoms with Crippen molar-refractivity contribution in [1.29, 1.82) is 0 Å². The predicted molar refractivity (Wildman–Crippen MR) is 76.6 cm³/mol. The van der Waals surface area contributed by atoms with Gasteiger partial charge in [-0.3, -0.25) is 19.9 Å². The second kappa shape index (κ2) is 6.47. The van der Waals surface area contributed by atoms with Crippen LogP contribution in [0.1, 0.15) is 26.3 Å². The first kappa shape index (κ1) is 16.5. The lowest BCUT2D eigenvalue weighted by molar-refractivity contribution is -0.142. The number of rotatable bonds is 4. The van der Waals surface area contributed by atoms with Gasteiger partial charge in [-0.2, -0.15) is 0 Å². The van der Waals surface area contributed by atoms with E-state index >= 15 is 0 Å². The van der Waals surface area contributed by atoms with Crippen LogP contribution in [-0.4, -0.2) is 29.4 Å². The smallest absolute Gasteiger partial charge is 0.414 e. The molecule has 0 aromatic carbocycles. The fraction of sp³-hybridized carbons (Fsp3) is 0.333. The second-order valence-electron chi connectivity index (χ2n) is 4.80. The third-order valence-electron chi connectivity index (χ3n) is 3.12. The molecular weight excluding hydrogens is 304 g/mol. The summed E-state index contributed by atoms with van der Waals surface area (Å²) < 4.78 is 15.2. The fourth-order valence-corrected chi connectivity index (χ4v) is 2.06. The molecule has 8 nitrogen and oxygen atoms in total. The van der Waals surface area contributed by atoms with Crippen molar-refractivity contribution in [3.05, 3.63) is 41.7 Å². The fourth-order valence-electron chi connectivity index (χ4n) is 2.06. The van der Waals surface area contributed by atoms with E-state index in [1.54, 1.807) is 19.1 Å². The summed E-state index contributed by atoms with van der Waals surface area (Å²) in [7, 11) is 0. The zero-order valence-electron chi connectivity index (χ0n) is 12.9. The molecule has 0 fully saturated rings. The number of alkyl carbamates (subject to hydrolysis) is 1. The SMILES string of the molecule is CCOC(=O)NC1=C(OC(C)=O)C(=O)C(C)(c2ccncc2)O1. The quantitative estimate of drug-likeness (QED) is 0.836. The zero-order valence-corrected chi connectivity index (χ0v) is 12.9. The second-order valence-corrected chi connectivity index (χ2v) is 4.80. The van der Waals surface area contributed by atoms with Gasteiger partial charge in [0.2, 0.25) is 11.6 Å². The summed E-state index contributed by atoms with van der Waals surface area (Å²) in [4.78, 5) is 39.3. The van der Waals surface area contributed by atoms with Crippen molar-refractivity contribution in [2.75, 3.05) is 6.61 Å². The van der Waals surface area contributed by atoms with E-state index in [2.05, 4.69) is 10.3 Å². The Balaban J connectivity index is 2.36. The van der Waals surface area contributed by atoms with Crippen LogP contribution in [0.5, 0.6) is 0 Å². The number of Topliss-reactive ketones (excluding diaryl/α,β-unsaturated/α-hetero) is 1. The molecule has 1 aromatic heterocycles. The van der Waals surface area contributed by atoms with Crippen LogP contribution >= 0.6 is 0 Å². The first-order chi connectivity index (χ1) is 10.9. The number of ketones is 1. The van der Waals surface area contributed by atoms with Crippen LogP contribution in [-0.2, 0) is 29.4 Å². The number of aromatic nitrogens is 1. The highest BCUT2D eigenvalue weighted by Gasteiger charge is 2.50. The number of carbonyl (C=O) groups excluding carboxylic acids is 3. The monoisotopic (exact) mass is 320 g/mol. The summed E-state index contributed by atoms with van der Waals surface area (Å²) in [6.07, 6.45) is 2.18. The Morgan fingerprint density at radius 2 is 2.00 bits per heavy atom. The molecule has 0 radical (unpaired) electrons. The van der Waals surface area contributed by atoms with Crippen LogP contribution in [0.4, 0.5) is 4.79 Å². The Kier molecular flexibility index (Phi) is 4.63. The van der Waals surface area contributed by atoms with Gasteiger partial charge in [-0.15, -0.1) is 0 Å². The minimum Gasteiger partial charge on any atom is -0.456 e. The van der Waals surface area contributed by atoms with Crippen LogP contribution in [0.15, 0.2) is 36.2 Å². The number of nitrogens with one attached hydrogen (secondary N) is 1. The molecule has 23 heavy (non-hydrogen) atoms. The molecule has 1 N–H and O–H groups in total. The molecule has 0 aliphatic carbocycles. The van der Waals surface area contributed by atoms with E-state index in [0.29, 0.717) is 5.56 Å². The number of hydrogen-bond donors (Lipinski definition) is 1. The summed E-state index contributed by atoms with van der Waals surface area (Å²) in [5.74, 6) is -1.93. The normalized spacial score (nSPS) is 20.0. The van der Waals surface area contributed by atoms with Crippen LogP contribution < -0.4 is 5.32 Å². The van der Waals surface area contributed by atoms with Gasteiger partial charge in [0.1, 0.15) is 0 Å². The van der Waals surface area contributed by atoms with E-state index < -0.39 is 23.4 Å². The molecule has 1 aliphatic heterocycles. The van der Waals surface area contributed by atoms with Gasteiger partial charge in [0.25, 0.3) is 5.78 Å². The van der Waals surface area contributed by atoms with Gasteiger partial charge in [-0.05, 0) is 26.0 Å². The van der Waals surface area contributed by atoms with Gasteiger partial charge in [0.15, 0.2) is 5.60 Å². The van der Waals surface area contributed by atoms with Gasteiger partial charge in [0.05, 0.1) is 6.61 Å². The van der Waals surface area contributed by atoms with E-state index in [1.165, 1.54) is 19.3 Å². The number of nitrogens with zero attached hydrogens (tertiary/aromatic N) is 1. The van der Waals surface area contributed by atoms with Crippen molar-refractivity contribution >= 4 is 17.8 Å². The summed E-state index contributed by atoms with van der Waals surface area (Å²) >= 11 is 0. The number of ether oxygens (including phenoxy) is 3. The number of amides is 1. The van der Waals surface area contributed by atoms with Crippen molar-refractivity contribution in [3.63, 3.8) is 0 Å². The lowest BCUT2D eigenvalue weighted by Gasteiger charge is -2.23. The molecule has 1 aromatic rings. The van der Waals surface area contributed by atoms with E-state index in [0.717, 1.165) is 6.92 Å². The topological polar surface area (TPSA) is 104 Å². The Morgan fingerprint density at radius 1 is 1.35 bits per heavy atom. The average Bonchev–Trinajstić information content (AvgIpc) is 2.73. The van der Waals surface area contributed by atoms with Gasteiger partial charge in [0, 0.05) is 24.9 Å². The minimum atomic E-state index is -1.44. The first-order valence-corrected chi connectivity index (χ1v) is 6.89.